The van der Waals surface area contributed by atoms with E-state index < -0.39 is 16.0 Å². The van der Waals surface area contributed by atoms with Gasteiger partial charge < -0.3 is 9.84 Å². The second kappa shape index (κ2) is 6.13. The minimum atomic E-state index is -3.76. The average Bonchev–Trinajstić information content (AvgIpc) is 2.92. The maximum atomic E-state index is 12.3. The lowest BCUT2D eigenvalue weighted by Crippen LogP contribution is -2.40. The predicted molar refractivity (Wildman–Crippen MR) is 76.9 cm³/mol. The van der Waals surface area contributed by atoms with E-state index in [0.717, 1.165) is 12.8 Å². The average molecular weight is 313 g/mol. The van der Waals surface area contributed by atoms with Crippen LogP contribution < -0.4 is 4.72 Å². The number of benzene rings is 1. The van der Waals surface area contributed by atoms with Gasteiger partial charge in [-0.25, -0.2) is 17.9 Å². The van der Waals surface area contributed by atoms with E-state index in [-0.39, 0.29) is 22.6 Å². The molecule has 1 aliphatic heterocycles. The number of carboxylic acid groups (broad SMARTS) is 1. The number of ether oxygens (including phenoxy) is 1. The molecule has 0 bridgehead atoms. The van der Waals surface area contributed by atoms with Crippen molar-refractivity contribution in [3.8, 4) is 0 Å². The molecule has 1 saturated heterocycles. The topological polar surface area (TPSA) is 92.7 Å². The van der Waals surface area contributed by atoms with E-state index in [4.69, 9.17) is 9.84 Å². The standard InChI is InChI=1S/C14H19NO5S/c1-9-5-6-11(8-12(9)14(16)17)21(18,19)15-10(2)13-4-3-7-20-13/h5-6,8,10,13,15H,3-4,7H2,1-2H3,(H,16,17). The molecule has 0 saturated carbocycles. The van der Waals surface area contributed by atoms with Gasteiger partial charge in [-0.15, -0.1) is 0 Å². The van der Waals surface area contributed by atoms with Crippen LogP contribution in [0.25, 0.3) is 0 Å². The Balaban J connectivity index is 2.23. The lowest BCUT2D eigenvalue weighted by Gasteiger charge is -2.20. The van der Waals surface area contributed by atoms with E-state index in [2.05, 4.69) is 4.72 Å². The second-order valence-corrected chi connectivity index (χ2v) is 6.96. The summed E-state index contributed by atoms with van der Waals surface area (Å²) in [5.41, 5.74) is 0.510. The van der Waals surface area contributed by atoms with E-state index in [1.54, 1.807) is 13.8 Å². The summed E-state index contributed by atoms with van der Waals surface area (Å²) in [7, 11) is -3.76. The zero-order valence-corrected chi connectivity index (χ0v) is 12.8. The fourth-order valence-corrected chi connectivity index (χ4v) is 3.68. The minimum Gasteiger partial charge on any atom is -0.478 e. The molecule has 0 amide bonds. The molecule has 2 rings (SSSR count). The Kier molecular flexibility index (Phi) is 4.65. The van der Waals surface area contributed by atoms with Gasteiger partial charge in [0.05, 0.1) is 16.6 Å². The number of nitrogens with one attached hydrogen (secondary N) is 1. The fourth-order valence-electron chi connectivity index (χ4n) is 2.38. The third kappa shape index (κ3) is 3.61. The largest absolute Gasteiger partial charge is 0.478 e. The molecular formula is C14H19NO5S. The van der Waals surface area contributed by atoms with E-state index in [1.165, 1.54) is 18.2 Å². The highest BCUT2D eigenvalue weighted by Gasteiger charge is 2.27. The highest BCUT2D eigenvalue weighted by molar-refractivity contribution is 7.89. The molecule has 1 fully saturated rings. The molecule has 2 N–H and O–H groups in total. The molecule has 0 aromatic heterocycles. The van der Waals surface area contributed by atoms with Crippen molar-refractivity contribution in [2.45, 2.75) is 43.7 Å². The summed E-state index contributed by atoms with van der Waals surface area (Å²) >= 11 is 0. The molecule has 2 atom stereocenters. The number of sulfonamides is 1. The molecule has 1 aliphatic rings. The molecule has 116 valence electrons. The number of aromatic carboxylic acids is 1. The number of carbonyl (C=O) groups is 1. The van der Waals surface area contributed by atoms with Gasteiger partial charge in [0.15, 0.2) is 0 Å². The van der Waals surface area contributed by atoms with Crippen molar-refractivity contribution in [1.29, 1.82) is 0 Å². The maximum Gasteiger partial charge on any atom is 0.335 e. The first kappa shape index (κ1) is 15.9. The van der Waals surface area contributed by atoms with Crippen molar-refractivity contribution < 1.29 is 23.1 Å². The van der Waals surface area contributed by atoms with Gasteiger partial charge in [-0.1, -0.05) is 6.07 Å². The van der Waals surface area contributed by atoms with Crippen molar-refractivity contribution in [2.24, 2.45) is 0 Å². The maximum absolute atomic E-state index is 12.3. The summed E-state index contributed by atoms with van der Waals surface area (Å²) in [6, 6.07) is 3.73. The Bertz CT molecular complexity index is 635. The zero-order valence-electron chi connectivity index (χ0n) is 12.0. The van der Waals surface area contributed by atoms with Gasteiger partial charge in [0.2, 0.25) is 10.0 Å². The Hall–Kier alpha value is -1.44. The lowest BCUT2D eigenvalue weighted by molar-refractivity contribution is 0.0695. The summed E-state index contributed by atoms with van der Waals surface area (Å²) in [4.78, 5) is 11.1. The van der Waals surface area contributed by atoms with Crippen LogP contribution >= 0.6 is 0 Å². The Labute approximate surface area is 124 Å². The third-order valence-corrected chi connectivity index (χ3v) is 5.17. The van der Waals surface area contributed by atoms with Crippen LogP contribution in [-0.2, 0) is 14.8 Å². The minimum absolute atomic E-state index is 0.0114. The molecular weight excluding hydrogens is 294 g/mol. The van der Waals surface area contributed by atoms with E-state index >= 15 is 0 Å². The predicted octanol–water partition coefficient (Wildman–Crippen LogP) is 1.54. The molecule has 0 spiro atoms. The summed E-state index contributed by atoms with van der Waals surface area (Å²) in [5, 5.41) is 9.08. The van der Waals surface area contributed by atoms with Gasteiger partial charge in [0.25, 0.3) is 0 Å². The summed E-state index contributed by atoms with van der Waals surface area (Å²) in [5.74, 6) is -1.14. The van der Waals surface area contributed by atoms with Crippen LogP contribution in [-0.4, -0.2) is 38.2 Å². The summed E-state index contributed by atoms with van der Waals surface area (Å²) in [6.07, 6.45) is 1.60. The van der Waals surface area contributed by atoms with Crippen LogP contribution in [0.2, 0.25) is 0 Å². The Morgan fingerprint density at radius 2 is 2.19 bits per heavy atom. The molecule has 6 nitrogen and oxygen atoms in total. The fraction of sp³-hybridized carbons (Fsp3) is 0.500. The molecule has 2 unspecified atom stereocenters. The third-order valence-electron chi connectivity index (χ3n) is 3.61. The van der Waals surface area contributed by atoms with Crippen molar-refractivity contribution >= 4 is 16.0 Å². The quantitative estimate of drug-likeness (QED) is 0.860. The molecule has 0 aliphatic carbocycles. The van der Waals surface area contributed by atoms with Gasteiger partial charge in [-0.05, 0) is 44.4 Å². The first-order valence-corrected chi connectivity index (χ1v) is 8.27. The van der Waals surface area contributed by atoms with Crippen molar-refractivity contribution in [3.05, 3.63) is 29.3 Å². The normalized spacial score (nSPS) is 20.4. The highest BCUT2D eigenvalue weighted by Crippen LogP contribution is 2.19. The summed E-state index contributed by atoms with van der Waals surface area (Å²) < 4.78 is 32.7. The van der Waals surface area contributed by atoms with Gasteiger partial charge in [-0.2, -0.15) is 0 Å². The zero-order chi connectivity index (χ0) is 15.6. The van der Waals surface area contributed by atoms with E-state index in [9.17, 15) is 13.2 Å². The summed E-state index contributed by atoms with van der Waals surface area (Å²) in [6.45, 7) is 4.02. The van der Waals surface area contributed by atoms with Crippen LogP contribution in [0.4, 0.5) is 0 Å². The SMILES string of the molecule is Cc1ccc(S(=O)(=O)NC(C)C2CCCO2)cc1C(=O)O. The van der Waals surface area contributed by atoms with Gasteiger partial charge in [0.1, 0.15) is 0 Å². The van der Waals surface area contributed by atoms with Crippen molar-refractivity contribution in [1.82, 2.24) is 4.72 Å². The molecule has 1 aromatic rings. The van der Waals surface area contributed by atoms with Crippen molar-refractivity contribution in [3.63, 3.8) is 0 Å². The molecule has 1 aromatic carbocycles. The van der Waals surface area contributed by atoms with E-state index in [0.29, 0.717) is 12.2 Å². The van der Waals surface area contributed by atoms with Crippen LogP contribution in [0.3, 0.4) is 0 Å². The van der Waals surface area contributed by atoms with Crippen LogP contribution in [0.15, 0.2) is 23.1 Å². The highest BCUT2D eigenvalue weighted by atomic mass is 32.2. The number of hydrogen-bond donors (Lipinski definition) is 2. The first-order chi connectivity index (χ1) is 9.81. The molecule has 1 heterocycles. The Morgan fingerprint density at radius 3 is 2.76 bits per heavy atom. The first-order valence-electron chi connectivity index (χ1n) is 6.79. The van der Waals surface area contributed by atoms with Crippen LogP contribution in [0.1, 0.15) is 35.7 Å². The smallest absolute Gasteiger partial charge is 0.335 e. The van der Waals surface area contributed by atoms with Crippen molar-refractivity contribution in [2.75, 3.05) is 6.61 Å². The molecule has 21 heavy (non-hydrogen) atoms. The van der Waals surface area contributed by atoms with Gasteiger partial charge in [-0.3, -0.25) is 0 Å². The number of hydrogen-bond acceptors (Lipinski definition) is 4. The molecule has 0 radical (unpaired) electrons. The van der Waals surface area contributed by atoms with Gasteiger partial charge in [0, 0.05) is 12.6 Å². The van der Waals surface area contributed by atoms with Gasteiger partial charge >= 0.3 is 5.97 Å². The molecule has 7 heteroatoms. The Morgan fingerprint density at radius 1 is 1.48 bits per heavy atom. The van der Waals surface area contributed by atoms with Crippen LogP contribution in [0.5, 0.6) is 0 Å². The van der Waals surface area contributed by atoms with Crippen LogP contribution in [0, 0.1) is 6.92 Å². The number of carboxylic acids is 1. The second-order valence-electron chi connectivity index (χ2n) is 5.24. The number of aryl methyl sites for hydroxylation is 1. The lowest BCUT2D eigenvalue weighted by atomic mass is 10.1. The number of rotatable bonds is 5. The monoisotopic (exact) mass is 313 g/mol. The van der Waals surface area contributed by atoms with E-state index in [1.807, 2.05) is 0 Å².